The van der Waals surface area contributed by atoms with Gasteiger partial charge in [0.05, 0.1) is 9.85 Å². The van der Waals surface area contributed by atoms with E-state index in [1.165, 1.54) is 6.92 Å². The van der Waals surface area contributed by atoms with Gasteiger partial charge in [0.15, 0.2) is 4.90 Å². The zero-order chi connectivity index (χ0) is 18.9. The molecule has 0 saturated carbocycles. The van der Waals surface area contributed by atoms with E-state index in [0.717, 1.165) is 24.3 Å². The highest BCUT2D eigenvalue weighted by atomic mass is 32.2. The highest BCUT2D eigenvalue weighted by molar-refractivity contribution is 7.87. The lowest BCUT2D eigenvalue weighted by molar-refractivity contribution is -0.388. The summed E-state index contributed by atoms with van der Waals surface area (Å²) in [6.07, 6.45) is 0. The van der Waals surface area contributed by atoms with Gasteiger partial charge in [0.25, 0.3) is 5.69 Å². The Hall–Kier alpha value is -3.08. The molecule has 9 nitrogen and oxygen atoms in total. The summed E-state index contributed by atoms with van der Waals surface area (Å²) in [4.78, 5) is 19.4. The summed E-state index contributed by atoms with van der Waals surface area (Å²) >= 11 is 0. The molecule has 0 spiro atoms. The molecule has 0 fully saturated rings. The largest absolute Gasteiger partial charge is 0.371 e. The Kier molecular flexibility index (Phi) is 4.70. The first-order valence-corrected chi connectivity index (χ1v) is 8.08. The maximum atomic E-state index is 13.3. The van der Waals surface area contributed by atoms with E-state index in [2.05, 4.69) is 4.18 Å². The maximum Gasteiger partial charge on any atom is 0.346 e. The normalized spacial score (nSPS) is 11.2. The van der Waals surface area contributed by atoms with E-state index in [9.17, 15) is 33.0 Å². The lowest BCUT2D eigenvalue weighted by Gasteiger charge is -2.10. The third-order valence-corrected chi connectivity index (χ3v) is 4.62. The van der Waals surface area contributed by atoms with E-state index >= 15 is 0 Å². The predicted octanol–water partition coefficient (Wildman–Crippen LogP) is 3.03. The van der Waals surface area contributed by atoms with E-state index in [4.69, 9.17) is 0 Å². The summed E-state index contributed by atoms with van der Waals surface area (Å²) in [5.41, 5.74) is -0.637. The minimum absolute atomic E-state index is 0.432. The third kappa shape index (κ3) is 3.71. The Bertz CT molecular complexity index is 989. The van der Waals surface area contributed by atoms with Gasteiger partial charge in [-0.1, -0.05) is 0 Å². The predicted molar refractivity (Wildman–Crippen MR) is 83.4 cm³/mol. The number of nitrogens with zero attached hydrogens (tertiary/aromatic N) is 2. The van der Waals surface area contributed by atoms with Crippen molar-refractivity contribution in [2.24, 2.45) is 0 Å². The van der Waals surface area contributed by atoms with Crippen molar-refractivity contribution in [1.82, 2.24) is 0 Å². The zero-order valence-electron chi connectivity index (χ0n) is 12.9. The van der Waals surface area contributed by atoms with Crippen molar-refractivity contribution in [2.45, 2.75) is 18.7 Å². The second kappa shape index (κ2) is 6.43. The van der Waals surface area contributed by atoms with Crippen LogP contribution in [0.5, 0.6) is 5.75 Å². The van der Waals surface area contributed by atoms with Crippen molar-refractivity contribution < 1.29 is 26.8 Å². The summed E-state index contributed by atoms with van der Waals surface area (Å²) in [5, 5.41) is 22.1. The number of nitro benzene ring substituents is 2. The minimum atomic E-state index is -4.81. The van der Waals surface area contributed by atoms with Crippen molar-refractivity contribution in [3.05, 3.63) is 67.5 Å². The smallest absolute Gasteiger partial charge is 0.346 e. The fraction of sp³-hybridized carbons (Fsp3) is 0.143. The molecule has 0 saturated heterocycles. The molecular formula is C14H11FN2O7S. The molecule has 132 valence electrons. The minimum Gasteiger partial charge on any atom is -0.371 e. The molecule has 0 heterocycles. The molecule has 0 aliphatic heterocycles. The van der Waals surface area contributed by atoms with Gasteiger partial charge in [-0.2, -0.15) is 8.42 Å². The van der Waals surface area contributed by atoms with Crippen molar-refractivity contribution >= 4 is 21.5 Å². The molecule has 0 unspecified atom stereocenters. The number of halogens is 1. The van der Waals surface area contributed by atoms with E-state index in [-0.39, 0.29) is 0 Å². The van der Waals surface area contributed by atoms with Gasteiger partial charge < -0.3 is 4.18 Å². The number of nitro groups is 2. The van der Waals surface area contributed by atoms with Gasteiger partial charge in [0.1, 0.15) is 5.82 Å². The van der Waals surface area contributed by atoms with Crippen LogP contribution in [0.4, 0.5) is 15.8 Å². The van der Waals surface area contributed by atoms with Crippen LogP contribution in [0.25, 0.3) is 0 Å². The molecule has 0 amide bonds. The van der Waals surface area contributed by atoms with Crippen molar-refractivity contribution in [3.8, 4) is 5.75 Å². The van der Waals surface area contributed by atoms with Crippen molar-refractivity contribution in [2.75, 3.05) is 0 Å². The third-order valence-electron chi connectivity index (χ3n) is 3.36. The van der Waals surface area contributed by atoms with Gasteiger partial charge in [-0.15, -0.1) is 0 Å². The second-order valence-electron chi connectivity index (χ2n) is 5.07. The highest BCUT2D eigenvalue weighted by Crippen LogP contribution is 2.33. The molecular weight excluding hydrogens is 359 g/mol. The van der Waals surface area contributed by atoms with E-state index in [1.807, 2.05) is 0 Å². The molecule has 2 aromatic rings. The lowest BCUT2D eigenvalue weighted by atomic mass is 10.1. The Morgan fingerprint density at radius 3 is 2.08 bits per heavy atom. The SMILES string of the molecule is Cc1cc([N+](=O)[O-])c(S(=O)(=O)Oc2cc(F)ccc2[N+](=O)[O-])cc1C. The van der Waals surface area contributed by atoms with Gasteiger partial charge in [-0.05, 0) is 37.1 Å². The first kappa shape index (κ1) is 18.3. The number of rotatable bonds is 5. The Morgan fingerprint density at radius 2 is 1.52 bits per heavy atom. The maximum absolute atomic E-state index is 13.3. The fourth-order valence-corrected chi connectivity index (χ4v) is 3.16. The molecule has 0 N–H and O–H groups in total. The molecule has 0 aliphatic carbocycles. The topological polar surface area (TPSA) is 130 Å². The molecule has 0 atom stereocenters. The van der Waals surface area contributed by atoms with Crippen LogP contribution in [0, 0.1) is 39.9 Å². The summed E-state index contributed by atoms with van der Waals surface area (Å²) in [7, 11) is -4.81. The van der Waals surface area contributed by atoms with Crippen LogP contribution in [-0.2, 0) is 10.1 Å². The van der Waals surface area contributed by atoms with Crippen LogP contribution in [0.1, 0.15) is 11.1 Å². The van der Waals surface area contributed by atoms with Gasteiger partial charge in [0, 0.05) is 18.2 Å². The highest BCUT2D eigenvalue weighted by Gasteiger charge is 2.31. The van der Waals surface area contributed by atoms with Crippen LogP contribution in [0.15, 0.2) is 35.2 Å². The molecule has 2 rings (SSSR count). The first-order valence-electron chi connectivity index (χ1n) is 6.67. The Balaban J connectivity index is 2.62. The van der Waals surface area contributed by atoms with Crippen LogP contribution in [0.3, 0.4) is 0 Å². The zero-order valence-corrected chi connectivity index (χ0v) is 13.7. The average Bonchev–Trinajstić information content (AvgIpc) is 2.48. The number of aryl methyl sites for hydroxylation is 2. The first-order chi connectivity index (χ1) is 11.5. The van der Waals surface area contributed by atoms with Crippen LogP contribution >= 0.6 is 0 Å². The molecule has 0 radical (unpaired) electrons. The molecule has 0 bridgehead atoms. The monoisotopic (exact) mass is 370 g/mol. The lowest BCUT2D eigenvalue weighted by Crippen LogP contribution is -2.13. The summed E-state index contributed by atoms with van der Waals surface area (Å²) < 4.78 is 42.7. The van der Waals surface area contributed by atoms with Crippen LogP contribution in [-0.4, -0.2) is 18.3 Å². The number of benzene rings is 2. The van der Waals surface area contributed by atoms with Gasteiger partial charge in [-0.25, -0.2) is 4.39 Å². The molecule has 0 aromatic heterocycles. The summed E-state index contributed by atoms with van der Waals surface area (Å²) in [5.74, 6) is -1.84. The van der Waals surface area contributed by atoms with Crippen LogP contribution in [0.2, 0.25) is 0 Å². The molecule has 2 aromatic carbocycles. The quantitative estimate of drug-likeness (QED) is 0.449. The van der Waals surface area contributed by atoms with Gasteiger partial charge in [-0.3, -0.25) is 20.2 Å². The van der Waals surface area contributed by atoms with Crippen LogP contribution < -0.4 is 4.18 Å². The average molecular weight is 370 g/mol. The van der Waals surface area contributed by atoms with Gasteiger partial charge in [0.2, 0.25) is 5.75 Å². The fourth-order valence-electron chi connectivity index (χ4n) is 1.99. The summed E-state index contributed by atoms with van der Waals surface area (Å²) in [6, 6.07) is 4.08. The molecule has 11 heteroatoms. The van der Waals surface area contributed by atoms with Crippen molar-refractivity contribution in [1.29, 1.82) is 0 Å². The second-order valence-corrected chi connectivity index (χ2v) is 6.58. The van der Waals surface area contributed by atoms with Crippen molar-refractivity contribution in [3.63, 3.8) is 0 Å². The van der Waals surface area contributed by atoms with E-state index < -0.39 is 47.8 Å². The molecule has 0 aliphatic rings. The van der Waals surface area contributed by atoms with E-state index in [0.29, 0.717) is 17.2 Å². The summed E-state index contributed by atoms with van der Waals surface area (Å²) in [6.45, 7) is 3.08. The Labute approximate surface area is 141 Å². The van der Waals surface area contributed by atoms with Gasteiger partial charge >= 0.3 is 15.8 Å². The van der Waals surface area contributed by atoms with E-state index in [1.54, 1.807) is 6.92 Å². The number of hydrogen-bond donors (Lipinski definition) is 0. The standard InChI is InChI=1S/C14H11FN2O7S/c1-8-5-12(17(20)21)14(6-9(8)2)25(22,23)24-13-7-10(15)3-4-11(13)16(18)19/h3-7H,1-2H3. The Morgan fingerprint density at radius 1 is 0.960 bits per heavy atom. The molecule has 25 heavy (non-hydrogen) atoms. The number of hydrogen-bond acceptors (Lipinski definition) is 7.